The number of rotatable bonds is 4. The first kappa shape index (κ1) is 26.9. The normalized spacial score (nSPS) is 17.0. The van der Waals surface area contributed by atoms with E-state index in [0.29, 0.717) is 23.4 Å². The Morgan fingerprint density at radius 3 is 1.96 bits per heavy atom. The summed E-state index contributed by atoms with van der Waals surface area (Å²) in [5.41, 5.74) is 11.9. The van der Waals surface area contributed by atoms with E-state index < -0.39 is 0 Å². The fourth-order valence-electron chi connectivity index (χ4n) is 7.67. The average Bonchev–Trinajstić information content (AvgIpc) is 3.65. The molecule has 1 aliphatic heterocycles. The van der Waals surface area contributed by atoms with E-state index in [2.05, 4.69) is 80.6 Å². The van der Waals surface area contributed by atoms with Crippen LogP contribution in [-0.4, -0.2) is 20.7 Å². The fourth-order valence-corrected chi connectivity index (χ4v) is 7.67. The molecule has 3 aliphatic rings. The summed E-state index contributed by atoms with van der Waals surface area (Å²) in [4.78, 5) is 20.1. The number of nitrogens with zero attached hydrogens (tertiary/aromatic N) is 4. The largest absolute Gasteiger partial charge is 0.252 e. The Morgan fingerprint density at radius 1 is 0.609 bits per heavy atom. The van der Waals surface area contributed by atoms with Gasteiger partial charge in [0.25, 0.3) is 0 Å². The van der Waals surface area contributed by atoms with Gasteiger partial charge in [-0.25, -0.2) is 15.0 Å². The molecule has 4 nitrogen and oxygen atoms in total. The van der Waals surface area contributed by atoms with Crippen molar-refractivity contribution in [1.82, 2.24) is 15.0 Å². The van der Waals surface area contributed by atoms with E-state index in [1.807, 2.05) is 60.7 Å². The molecule has 0 radical (unpaired) electrons. The zero-order valence-corrected chi connectivity index (χ0v) is 25.9. The molecule has 0 spiro atoms. The third-order valence-corrected chi connectivity index (χ3v) is 9.73. The molecule has 2 heterocycles. The summed E-state index contributed by atoms with van der Waals surface area (Å²) in [7, 11) is 0. The molecule has 2 aliphatic carbocycles. The molecule has 1 unspecified atom stereocenters. The summed E-state index contributed by atoms with van der Waals surface area (Å²) in [6, 6.07) is 42.5. The summed E-state index contributed by atoms with van der Waals surface area (Å²) in [6.07, 6.45) is 4.26. The maximum Gasteiger partial charge on any atom is 0.164 e. The predicted molar refractivity (Wildman–Crippen MR) is 187 cm³/mol. The van der Waals surface area contributed by atoms with Crippen LogP contribution in [0.3, 0.4) is 0 Å². The van der Waals surface area contributed by atoms with E-state index >= 15 is 0 Å². The Balaban J connectivity index is 1.10. The summed E-state index contributed by atoms with van der Waals surface area (Å²) in [5, 5.41) is 2.58. The van der Waals surface area contributed by atoms with Crippen LogP contribution >= 0.6 is 0 Å². The smallest absolute Gasteiger partial charge is 0.164 e. The zero-order valence-electron chi connectivity index (χ0n) is 25.9. The van der Waals surface area contributed by atoms with Crippen LogP contribution < -0.4 is 10.4 Å². The molecule has 0 amide bonds. The standard InChI is InChI=1S/C42H32N4/c1-42(2)25-32(23-37-38(42)35-24-34-31(22-36(35)43-37)21-29-16-9-10-19-33(29)34)28-17-11-18-30(20-28)41-45-39(26-12-5-3-6-13-26)44-40(46-41)27-14-7-4-8-15-27/h3-22,24,32H,23,25H2,1-2H3. The van der Waals surface area contributed by atoms with Gasteiger partial charge in [0.05, 0.1) is 5.69 Å². The second-order valence-electron chi connectivity index (χ2n) is 13.3. The monoisotopic (exact) mass is 592 g/mol. The highest BCUT2D eigenvalue weighted by molar-refractivity contribution is 6.24. The van der Waals surface area contributed by atoms with Crippen LogP contribution in [0.15, 0.2) is 126 Å². The van der Waals surface area contributed by atoms with Gasteiger partial charge in [0.15, 0.2) is 17.5 Å². The first-order valence-corrected chi connectivity index (χ1v) is 16.1. The lowest BCUT2D eigenvalue weighted by atomic mass is 9.66. The minimum Gasteiger partial charge on any atom is -0.252 e. The van der Waals surface area contributed by atoms with E-state index in [-0.39, 0.29) is 5.41 Å². The third-order valence-electron chi connectivity index (χ3n) is 9.73. The van der Waals surface area contributed by atoms with Gasteiger partial charge in [-0.15, -0.1) is 0 Å². The lowest BCUT2D eigenvalue weighted by Crippen LogP contribution is -2.32. The summed E-state index contributed by atoms with van der Waals surface area (Å²) in [6.45, 7) is 4.78. The second kappa shape index (κ2) is 10.3. The number of aliphatic imine (C=N–C) groups is 1. The van der Waals surface area contributed by atoms with Crippen LogP contribution in [0, 0.1) is 5.41 Å². The van der Waals surface area contributed by atoms with Gasteiger partial charge in [0.1, 0.15) is 0 Å². The van der Waals surface area contributed by atoms with Crippen molar-refractivity contribution in [2.45, 2.75) is 32.6 Å². The number of benzene rings is 5. The molecule has 5 aromatic carbocycles. The van der Waals surface area contributed by atoms with E-state index in [1.54, 1.807) is 0 Å². The SMILES string of the molecule is CC1(C)CC(c2cccc(-c3nc(-c4ccccc4)nc(-c4ccccc4)n3)c2)CC2=Nc3cc4c(cc3=C21)-c1ccccc1C=4. The molecule has 0 N–H and O–H groups in total. The minimum absolute atomic E-state index is 0.0206. The van der Waals surface area contributed by atoms with Crippen LogP contribution in [0.25, 0.3) is 56.9 Å². The topological polar surface area (TPSA) is 51.0 Å². The van der Waals surface area contributed by atoms with Crippen molar-refractivity contribution in [3.8, 4) is 45.3 Å². The van der Waals surface area contributed by atoms with Crippen molar-refractivity contribution in [3.05, 3.63) is 143 Å². The van der Waals surface area contributed by atoms with E-state index in [1.165, 1.54) is 44.0 Å². The third kappa shape index (κ3) is 4.44. The van der Waals surface area contributed by atoms with Crippen LogP contribution in [0.4, 0.5) is 5.69 Å². The van der Waals surface area contributed by atoms with Crippen molar-refractivity contribution in [2.24, 2.45) is 10.4 Å². The lowest BCUT2D eigenvalue weighted by Gasteiger charge is -2.38. The number of hydrogen-bond acceptors (Lipinski definition) is 4. The van der Waals surface area contributed by atoms with E-state index in [0.717, 1.165) is 35.2 Å². The Kier molecular flexibility index (Phi) is 6.01. The molecule has 1 atom stereocenters. The molecule has 1 fully saturated rings. The second-order valence-corrected chi connectivity index (χ2v) is 13.3. The Bertz CT molecular complexity index is 2280. The maximum absolute atomic E-state index is 5.28. The van der Waals surface area contributed by atoms with Gasteiger partial charge in [-0.2, -0.15) is 0 Å². The van der Waals surface area contributed by atoms with Gasteiger partial charge in [-0.05, 0) is 81.5 Å². The van der Waals surface area contributed by atoms with Gasteiger partial charge < -0.3 is 0 Å². The molecule has 1 aromatic heterocycles. The van der Waals surface area contributed by atoms with Crippen molar-refractivity contribution >= 4 is 23.0 Å². The van der Waals surface area contributed by atoms with E-state index in [9.17, 15) is 0 Å². The molecule has 46 heavy (non-hydrogen) atoms. The quantitative estimate of drug-likeness (QED) is 0.206. The zero-order chi connectivity index (χ0) is 30.8. The Labute approximate surface area is 268 Å². The minimum atomic E-state index is -0.0206. The van der Waals surface area contributed by atoms with Crippen molar-refractivity contribution in [3.63, 3.8) is 0 Å². The first-order chi connectivity index (χ1) is 22.5. The highest BCUT2D eigenvalue weighted by Crippen LogP contribution is 2.48. The van der Waals surface area contributed by atoms with Crippen LogP contribution in [-0.2, 0) is 0 Å². The highest BCUT2D eigenvalue weighted by Gasteiger charge is 2.40. The predicted octanol–water partition coefficient (Wildman–Crippen LogP) is 8.52. The summed E-state index contributed by atoms with van der Waals surface area (Å²) >= 11 is 0. The number of hydrogen-bond donors (Lipinski definition) is 0. The van der Waals surface area contributed by atoms with E-state index in [4.69, 9.17) is 19.9 Å². The van der Waals surface area contributed by atoms with Crippen LogP contribution in [0.1, 0.15) is 43.7 Å². The van der Waals surface area contributed by atoms with Gasteiger partial charge in [0.2, 0.25) is 0 Å². The van der Waals surface area contributed by atoms with Crippen LogP contribution in [0.2, 0.25) is 0 Å². The molecular weight excluding hydrogens is 560 g/mol. The average molecular weight is 593 g/mol. The maximum atomic E-state index is 5.28. The molecule has 4 heteroatoms. The van der Waals surface area contributed by atoms with Crippen molar-refractivity contribution in [2.75, 3.05) is 0 Å². The van der Waals surface area contributed by atoms with Gasteiger partial charge in [0, 0.05) is 27.6 Å². The number of aromatic nitrogens is 3. The molecule has 6 aromatic rings. The molecule has 1 saturated carbocycles. The Hall–Kier alpha value is -5.48. The highest BCUT2D eigenvalue weighted by atomic mass is 15.0. The number of fused-ring (bicyclic) bond motifs is 5. The van der Waals surface area contributed by atoms with Gasteiger partial charge >= 0.3 is 0 Å². The lowest BCUT2D eigenvalue weighted by molar-refractivity contribution is 0.396. The van der Waals surface area contributed by atoms with Gasteiger partial charge in [-0.3, -0.25) is 4.99 Å². The summed E-state index contributed by atoms with van der Waals surface area (Å²) in [5.74, 6) is 2.39. The Morgan fingerprint density at radius 2 is 1.24 bits per heavy atom. The molecule has 0 saturated heterocycles. The van der Waals surface area contributed by atoms with Crippen molar-refractivity contribution in [1.29, 1.82) is 0 Å². The van der Waals surface area contributed by atoms with Crippen LogP contribution in [0.5, 0.6) is 0 Å². The molecule has 9 rings (SSSR count). The molecular formula is C42H32N4. The van der Waals surface area contributed by atoms with Crippen molar-refractivity contribution < 1.29 is 0 Å². The molecule has 0 bridgehead atoms. The fraction of sp³-hybridized carbons (Fsp3) is 0.143. The molecule has 220 valence electrons. The summed E-state index contributed by atoms with van der Waals surface area (Å²) < 4.78 is 0. The first-order valence-electron chi connectivity index (χ1n) is 16.1. The van der Waals surface area contributed by atoms with Gasteiger partial charge in [-0.1, -0.05) is 117 Å².